The number of halogens is 1. The molecule has 21 heavy (non-hydrogen) atoms. The Hall–Kier alpha value is -0.800. The second-order valence-corrected chi connectivity index (χ2v) is 7.73. The molecule has 1 atom stereocenters. The smallest absolute Gasteiger partial charge is 0.147 e. The van der Waals surface area contributed by atoms with E-state index in [0.717, 1.165) is 29.5 Å². The molecule has 0 amide bonds. The molecule has 1 rings (SSSR count). The number of pyridine rings is 1. The van der Waals surface area contributed by atoms with Crippen LogP contribution in [0.25, 0.3) is 0 Å². The predicted molar refractivity (Wildman–Crippen MR) is 93.1 cm³/mol. The molecule has 0 fully saturated rings. The molecule has 0 spiro atoms. The Bertz CT molecular complexity index is 452. The zero-order valence-electron chi connectivity index (χ0n) is 14.5. The van der Waals surface area contributed by atoms with Crippen LogP contribution >= 0.6 is 11.6 Å². The van der Waals surface area contributed by atoms with Crippen LogP contribution in [0, 0.1) is 11.3 Å². The molecule has 0 aliphatic carbocycles. The van der Waals surface area contributed by atoms with Crippen molar-refractivity contribution < 1.29 is 0 Å². The average molecular weight is 312 g/mol. The maximum atomic E-state index is 6.43. The van der Waals surface area contributed by atoms with Crippen LogP contribution in [-0.4, -0.2) is 24.6 Å². The van der Waals surface area contributed by atoms with Gasteiger partial charge in [-0.05, 0) is 36.4 Å². The first kappa shape index (κ1) is 18.2. The van der Waals surface area contributed by atoms with E-state index in [1.54, 1.807) is 0 Å². The maximum absolute atomic E-state index is 6.43. The molecule has 0 aliphatic rings. The van der Waals surface area contributed by atoms with Gasteiger partial charge in [-0.2, -0.15) is 0 Å². The third-order valence-electron chi connectivity index (χ3n) is 3.93. The Kier molecular flexibility index (Phi) is 6.48. The molecular weight excluding hydrogens is 282 g/mol. The Morgan fingerprint density at radius 3 is 2.38 bits per heavy atom. The van der Waals surface area contributed by atoms with E-state index in [1.165, 1.54) is 0 Å². The monoisotopic (exact) mass is 311 g/mol. The molecule has 120 valence electrons. The number of nitrogens with zero attached hydrogens (tertiary/aromatic N) is 2. The third kappa shape index (κ3) is 5.48. The van der Waals surface area contributed by atoms with Crippen molar-refractivity contribution in [3.8, 4) is 0 Å². The second-order valence-electron chi connectivity index (χ2n) is 7.33. The van der Waals surface area contributed by atoms with Crippen molar-refractivity contribution in [2.75, 3.05) is 18.5 Å². The van der Waals surface area contributed by atoms with Gasteiger partial charge in [-0.3, -0.25) is 0 Å². The van der Waals surface area contributed by atoms with Gasteiger partial charge >= 0.3 is 0 Å². The van der Waals surface area contributed by atoms with Gasteiger partial charge in [0.2, 0.25) is 0 Å². The summed E-state index contributed by atoms with van der Waals surface area (Å²) < 4.78 is 0. The summed E-state index contributed by atoms with van der Waals surface area (Å²) in [6, 6.07) is 2.37. The molecule has 0 radical (unpaired) electrons. The van der Waals surface area contributed by atoms with Crippen LogP contribution in [0.4, 0.5) is 5.82 Å². The van der Waals surface area contributed by atoms with Gasteiger partial charge in [0.15, 0.2) is 0 Å². The van der Waals surface area contributed by atoms with Gasteiger partial charge in [-0.15, -0.1) is 0 Å². The van der Waals surface area contributed by atoms with Crippen LogP contribution in [-0.2, 0) is 6.54 Å². The third-order valence-corrected chi connectivity index (χ3v) is 4.21. The highest BCUT2D eigenvalue weighted by molar-refractivity contribution is 6.33. The molecule has 3 nitrogen and oxygen atoms in total. The summed E-state index contributed by atoms with van der Waals surface area (Å²) >= 11 is 6.43. The number of rotatable bonds is 6. The Labute approximate surface area is 135 Å². The Balaban J connectivity index is 2.78. The molecule has 1 aromatic rings. The molecule has 1 unspecified atom stereocenters. The van der Waals surface area contributed by atoms with Gasteiger partial charge in [0.1, 0.15) is 5.82 Å². The Morgan fingerprint density at radius 1 is 1.29 bits per heavy atom. The fraction of sp³-hybridized carbons (Fsp3) is 0.706. The Morgan fingerprint density at radius 2 is 1.90 bits per heavy atom. The van der Waals surface area contributed by atoms with Crippen molar-refractivity contribution >= 4 is 17.4 Å². The molecule has 4 heteroatoms. The van der Waals surface area contributed by atoms with Gasteiger partial charge in [0, 0.05) is 25.8 Å². The zero-order chi connectivity index (χ0) is 16.2. The van der Waals surface area contributed by atoms with Gasteiger partial charge in [0.05, 0.1) is 5.02 Å². The summed E-state index contributed by atoms with van der Waals surface area (Å²) in [7, 11) is 2.06. The first-order valence-corrected chi connectivity index (χ1v) is 8.08. The van der Waals surface area contributed by atoms with E-state index in [-0.39, 0.29) is 5.41 Å². The molecule has 1 N–H and O–H groups in total. The molecule has 0 saturated heterocycles. The lowest BCUT2D eigenvalue weighted by atomic mass is 9.87. The number of hydrogen-bond acceptors (Lipinski definition) is 3. The van der Waals surface area contributed by atoms with E-state index in [0.29, 0.717) is 12.0 Å². The fourth-order valence-corrected chi connectivity index (χ4v) is 2.42. The minimum absolute atomic E-state index is 0.178. The van der Waals surface area contributed by atoms with Crippen LogP contribution in [0.3, 0.4) is 0 Å². The minimum Gasteiger partial charge on any atom is -0.355 e. The standard InChI is InChI=1S/C17H30ClN3/c1-12(2)9-19-10-14-8-15(18)16(20-11-14)21(7)13(3)17(4,5)6/h8,11-13,19H,9-10H2,1-7H3. The van der Waals surface area contributed by atoms with Gasteiger partial charge in [-0.1, -0.05) is 46.2 Å². The SMILES string of the molecule is CC(C)CNCc1cnc(N(C)C(C)C(C)(C)C)c(Cl)c1. The van der Waals surface area contributed by atoms with E-state index in [2.05, 4.69) is 63.8 Å². The van der Waals surface area contributed by atoms with Crippen LogP contribution < -0.4 is 10.2 Å². The van der Waals surface area contributed by atoms with Crippen LogP contribution in [0.2, 0.25) is 5.02 Å². The van der Waals surface area contributed by atoms with Crippen molar-refractivity contribution in [3.63, 3.8) is 0 Å². The highest BCUT2D eigenvalue weighted by Gasteiger charge is 2.25. The molecule has 0 bridgehead atoms. The number of aromatic nitrogens is 1. The summed E-state index contributed by atoms with van der Waals surface area (Å²) in [5.41, 5.74) is 1.30. The first-order chi connectivity index (χ1) is 9.62. The fourth-order valence-electron chi connectivity index (χ4n) is 2.10. The van der Waals surface area contributed by atoms with Crippen LogP contribution in [0.15, 0.2) is 12.3 Å². The minimum atomic E-state index is 0.178. The average Bonchev–Trinajstić information content (AvgIpc) is 2.35. The summed E-state index contributed by atoms with van der Waals surface area (Å²) in [6.07, 6.45) is 1.92. The topological polar surface area (TPSA) is 28.2 Å². The van der Waals surface area contributed by atoms with Crippen LogP contribution in [0.5, 0.6) is 0 Å². The van der Waals surface area contributed by atoms with E-state index >= 15 is 0 Å². The van der Waals surface area contributed by atoms with Crippen molar-refractivity contribution in [3.05, 3.63) is 22.8 Å². The van der Waals surface area contributed by atoms with E-state index < -0.39 is 0 Å². The zero-order valence-corrected chi connectivity index (χ0v) is 15.3. The molecule has 0 aromatic carbocycles. The lowest BCUT2D eigenvalue weighted by Gasteiger charge is -2.36. The summed E-state index contributed by atoms with van der Waals surface area (Å²) in [5, 5.41) is 4.13. The molecule has 0 aliphatic heterocycles. The number of anilines is 1. The van der Waals surface area contributed by atoms with Crippen LogP contribution in [0.1, 0.15) is 47.1 Å². The maximum Gasteiger partial charge on any atom is 0.147 e. The van der Waals surface area contributed by atoms with Gasteiger partial charge in [0.25, 0.3) is 0 Å². The second kappa shape index (κ2) is 7.46. The number of nitrogens with one attached hydrogen (secondary N) is 1. The normalized spacial score (nSPS) is 13.6. The van der Waals surface area contributed by atoms with E-state index in [4.69, 9.17) is 11.6 Å². The summed E-state index contributed by atoms with van der Waals surface area (Å²) in [4.78, 5) is 6.72. The van der Waals surface area contributed by atoms with Crippen molar-refractivity contribution in [1.82, 2.24) is 10.3 Å². The van der Waals surface area contributed by atoms with Crippen molar-refractivity contribution in [1.29, 1.82) is 0 Å². The molecule has 0 saturated carbocycles. The predicted octanol–water partition coefficient (Wildman–Crippen LogP) is 4.35. The van der Waals surface area contributed by atoms with E-state index in [9.17, 15) is 0 Å². The highest BCUT2D eigenvalue weighted by Crippen LogP contribution is 2.30. The molecule has 1 heterocycles. The summed E-state index contributed by atoms with van der Waals surface area (Å²) in [6.45, 7) is 15.1. The van der Waals surface area contributed by atoms with Gasteiger partial charge < -0.3 is 10.2 Å². The largest absolute Gasteiger partial charge is 0.355 e. The highest BCUT2D eigenvalue weighted by atomic mass is 35.5. The molecule has 1 aromatic heterocycles. The first-order valence-electron chi connectivity index (χ1n) is 7.71. The quantitative estimate of drug-likeness (QED) is 0.846. The molecular formula is C17H30ClN3. The lowest BCUT2D eigenvalue weighted by molar-refractivity contribution is 0.328. The lowest BCUT2D eigenvalue weighted by Crippen LogP contribution is -2.40. The van der Waals surface area contributed by atoms with Gasteiger partial charge in [-0.25, -0.2) is 4.98 Å². The number of hydrogen-bond donors (Lipinski definition) is 1. The summed E-state index contributed by atoms with van der Waals surface area (Å²) in [5.74, 6) is 1.50. The van der Waals surface area contributed by atoms with E-state index in [1.807, 2.05) is 12.3 Å². The van der Waals surface area contributed by atoms with Crippen molar-refractivity contribution in [2.45, 2.75) is 54.1 Å². The van der Waals surface area contributed by atoms with Crippen molar-refractivity contribution in [2.24, 2.45) is 11.3 Å².